The molecule has 1 aliphatic carbocycles. The summed E-state index contributed by atoms with van der Waals surface area (Å²) in [4.78, 5) is 15.0. The molecule has 1 unspecified atom stereocenters. The summed E-state index contributed by atoms with van der Waals surface area (Å²) in [6.07, 6.45) is 7.73. The largest absolute Gasteiger partial charge is 0.309 e. The molecule has 0 radical (unpaired) electrons. The number of hydrogen-bond acceptors (Lipinski definition) is 1. The Morgan fingerprint density at radius 2 is 2.05 bits per heavy atom. The SMILES string of the molecule is CC1Cc2cc(CCCl)ccc2N1C(=O)C1CCCCC1. The van der Waals surface area contributed by atoms with Crippen molar-refractivity contribution in [2.24, 2.45) is 5.92 Å². The standard InChI is InChI=1S/C18H24ClNO/c1-13-11-16-12-14(9-10-19)7-8-17(16)20(13)18(21)15-5-3-2-4-6-15/h7-8,12-13,15H,2-6,9-11H2,1H3. The zero-order chi connectivity index (χ0) is 14.8. The van der Waals surface area contributed by atoms with E-state index in [1.807, 2.05) is 0 Å². The Bertz CT molecular complexity index is 522. The molecule has 1 atom stereocenters. The lowest BCUT2D eigenvalue weighted by Crippen LogP contribution is -2.40. The molecular weight excluding hydrogens is 282 g/mol. The second-order valence-electron chi connectivity index (χ2n) is 6.50. The van der Waals surface area contributed by atoms with Gasteiger partial charge in [-0.1, -0.05) is 31.4 Å². The van der Waals surface area contributed by atoms with Crippen LogP contribution in [0.4, 0.5) is 5.69 Å². The van der Waals surface area contributed by atoms with Crippen molar-refractivity contribution in [3.05, 3.63) is 29.3 Å². The van der Waals surface area contributed by atoms with Crippen LogP contribution in [-0.2, 0) is 17.6 Å². The minimum Gasteiger partial charge on any atom is -0.309 e. The van der Waals surface area contributed by atoms with Gasteiger partial charge in [0.15, 0.2) is 0 Å². The molecule has 1 aromatic rings. The normalized spacial score (nSPS) is 22.4. The molecule has 1 fully saturated rings. The van der Waals surface area contributed by atoms with Crippen molar-refractivity contribution in [3.63, 3.8) is 0 Å². The third-order valence-corrected chi connectivity index (χ3v) is 5.12. The average Bonchev–Trinajstić information content (AvgIpc) is 2.83. The number of amides is 1. The van der Waals surface area contributed by atoms with Gasteiger partial charge >= 0.3 is 0 Å². The van der Waals surface area contributed by atoms with Crippen molar-refractivity contribution in [1.82, 2.24) is 0 Å². The van der Waals surface area contributed by atoms with Crippen LogP contribution < -0.4 is 4.90 Å². The van der Waals surface area contributed by atoms with E-state index < -0.39 is 0 Å². The molecule has 0 bridgehead atoms. The van der Waals surface area contributed by atoms with Gasteiger partial charge in [0.05, 0.1) is 0 Å². The van der Waals surface area contributed by atoms with Crippen LogP contribution in [0, 0.1) is 5.92 Å². The van der Waals surface area contributed by atoms with Gasteiger partial charge in [0.2, 0.25) is 5.91 Å². The van der Waals surface area contributed by atoms with Crippen LogP contribution in [0.3, 0.4) is 0 Å². The molecule has 0 aromatic heterocycles. The molecule has 1 aromatic carbocycles. The fourth-order valence-corrected chi connectivity index (χ4v) is 4.05. The van der Waals surface area contributed by atoms with Gasteiger partial charge in [-0.05, 0) is 49.8 Å². The zero-order valence-electron chi connectivity index (χ0n) is 12.8. The lowest BCUT2D eigenvalue weighted by Gasteiger charge is -2.29. The number of fused-ring (bicyclic) bond motifs is 1. The van der Waals surface area contributed by atoms with Crippen LogP contribution >= 0.6 is 11.6 Å². The first-order valence-corrected chi connectivity index (χ1v) is 8.75. The number of anilines is 1. The molecule has 114 valence electrons. The second-order valence-corrected chi connectivity index (χ2v) is 6.88. The number of hydrogen-bond donors (Lipinski definition) is 0. The van der Waals surface area contributed by atoms with E-state index in [1.165, 1.54) is 30.4 Å². The van der Waals surface area contributed by atoms with Crippen LogP contribution in [0.15, 0.2) is 18.2 Å². The highest BCUT2D eigenvalue weighted by atomic mass is 35.5. The molecular formula is C18H24ClNO. The summed E-state index contributed by atoms with van der Waals surface area (Å²) in [5, 5.41) is 0. The topological polar surface area (TPSA) is 20.3 Å². The van der Waals surface area contributed by atoms with Crippen LogP contribution in [0.2, 0.25) is 0 Å². The molecule has 0 spiro atoms. The molecule has 3 rings (SSSR count). The Labute approximate surface area is 132 Å². The first-order valence-electron chi connectivity index (χ1n) is 8.21. The van der Waals surface area contributed by atoms with Gasteiger partial charge in [0.1, 0.15) is 0 Å². The quantitative estimate of drug-likeness (QED) is 0.761. The second kappa shape index (κ2) is 6.39. The number of nitrogens with zero attached hydrogens (tertiary/aromatic N) is 1. The highest BCUT2D eigenvalue weighted by Gasteiger charge is 2.35. The zero-order valence-corrected chi connectivity index (χ0v) is 13.5. The maximum absolute atomic E-state index is 12.9. The molecule has 0 saturated heterocycles. The summed E-state index contributed by atoms with van der Waals surface area (Å²) in [5.41, 5.74) is 3.73. The van der Waals surface area contributed by atoms with E-state index >= 15 is 0 Å². The number of halogens is 1. The lowest BCUT2D eigenvalue weighted by atomic mass is 9.88. The fraction of sp³-hybridized carbons (Fsp3) is 0.611. The summed E-state index contributed by atoms with van der Waals surface area (Å²) in [7, 11) is 0. The maximum Gasteiger partial charge on any atom is 0.230 e. The summed E-state index contributed by atoms with van der Waals surface area (Å²) >= 11 is 5.83. The number of carbonyl (C=O) groups excluding carboxylic acids is 1. The van der Waals surface area contributed by atoms with E-state index in [4.69, 9.17) is 11.6 Å². The van der Waals surface area contributed by atoms with Gasteiger partial charge in [-0.2, -0.15) is 0 Å². The van der Waals surface area contributed by atoms with Crippen LogP contribution in [0.1, 0.15) is 50.2 Å². The van der Waals surface area contributed by atoms with E-state index in [0.717, 1.165) is 31.4 Å². The molecule has 1 saturated carbocycles. The van der Waals surface area contributed by atoms with Crippen molar-refractivity contribution in [2.75, 3.05) is 10.8 Å². The van der Waals surface area contributed by atoms with E-state index in [1.54, 1.807) is 0 Å². The van der Waals surface area contributed by atoms with E-state index in [2.05, 4.69) is 30.0 Å². The van der Waals surface area contributed by atoms with Crippen molar-refractivity contribution < 1.29 is 4.79 Å². The molecule has 1 heterocycles. The van der Waals surface area contributed by atoms with Gasteiger partial charge in [-0.15, -0.1) is 11.6 Å². The maximum atomic E-state index is 12.9. The number of rotatable bonds is 3. The molecule has 2 nitrogen and oxygen atoms in total. The van der Waals surface area contributed by atoms with Crippen LogP contribution in [-0.4, -0.2) is 17.8 Å². The molecule has 3 heteroatoms. The molecule has 2 aliphatic rings. The Hall–Kier alpha value is -1.02. The van der Waals surface area contributed by atoms with Gasteiger partial charge < -0.3 is 4.90 Å². The molecule has 0 N–H and O–H groups in total. The highest BCUT2D eigenvalue weighted by molar-refractivity contribution is 6.18. The number of carbonyl (C=O) groups is 1. The Morgan fingerprint density at radius 3 is 2.76 bits per heavy atom. The van der Waals surface area contributed by atoms with Gasteiger partial charge in [-0.25, -0.2) is 0 Å². The average molecular weight is 306 g/mol. The van der Waals surface area contributed by atoms with Crippen LogP contribution in [0.25, 0.3) is 0 Å². The monoisotopic (exact) mass is 305 g/mol. The third-order valence-electron chi connectivity index (χ3n) is 4.93. The Balaban J connectivity index is 1.82. The number of alkyl halides is 1. The predicted molar refractivity (Wildman–Crippen MR) is 88.1 cm³/mol. The van der Waals surface area contributed by atoms with Crippen molar-refractivity contribution >= 4 is 23.2 Å². The summed E-state index contributed by atoms with van der Waals surface area (Å²) in [5.74, 6) is 1.25. The van der Waals surface area contributed by atoms with Gasteiger partial charge in [0.25, 0.3) is 0 Å². The third kappa shape index (κ3) is 2.96. The van der Waals surface area contributed by atoms with Crippen LogP contribution in [0.5, 0.6) is 0 Å². The van der Waals surface area contributed by atoms with E-state index in [0.29, 0.717) is 17.8 Å². The Morgan fingerprint density at radius 1 is 1.29 bits per heavy atom. The summed E-state index contributed by atoms with van der Waals surface area (Å²) in [6, 6.07) is 6.78. The highest BCUT2D eigenvalue weighted by Crippen LogP contribution is 2.36. The van der Waals surface area contributed by atoms with Crippen molar-refractivity contribution in [1.29, 1.82) is 0 Å². The Kier molecular flexibility index (Phi) is 4.54. The summed E-state index contributed by atoms with van der Waals surface area (Å²) < 4.78 is 0. The van der Waals surface area contributed by atoms with E-state index in [-0.39, 0.29) is 5.92 Å². The first kappa shape index (κ1) is 14.9. The van der Waals surface area contributed by atoms with Crippen molar-refractivity contribution in [2.45, 2.75) is 57.9 Å². The minimum absolute atomic E-state index is 0.245. The smallest absolute Gasteiger partial charge is 0.230 e. The van der Waals surface area contributed by atoms with Crippen molar-refractivity contribution in [3.8, 4) is 0 Å². The first-order chi connectivity index (χ1) is 10.2. The number of benzene rings is 1. The fourth-order valence-electron chi connectivity index (χ4n) is 3.83. The number of aryl methyl sites for hydroxylation is 1. The molecule has 21 heavy (non-hydrogen) atoms. The predicted octanol–water partition coefficient (Wildman–Crippen LogP) is 4.33. The summed E-state index contributed by atoms with van der Waals surface area (Å²) in [6.45, 7) is 2.17. The minimum atomic E-state index is 0.245. The van der Waals surface area contributed by atoms with E-state index in [9.17, 15) is 4.79 Å². The molecule has 1 amide bonds. The van der Waals surface area contributed by atoms with Gasteiger partial charge in [0, 0.05) is 23.5 Å². The van der Waals surface area contributed by atoms with Gasteiger partial charge in [-0.3, -0.25) is 4.79 Å². The molecule has 1 aliphatic heterocycles. The lowest BCUT2D eigenvalue weighted by molar-refractivity contribution is -0.123.